The van der Waals surface area contributed by atoms with Crippen molar-refractivity contribution in [2.45, 2.75) is 19.8 Å². The van der Waals surface area contributed by atoms with Crippen molar-refractivity contribution >= 4 is 11.6 Å². The average Bonchev–Trinajstić information content (AvgIpc) is 2.64. The van der Waals surface area contributed by atoms with E-state index in [4.69, 9.17) is 0 Å². The number of carbonyl (C=O) groups excluding carboxylic acids is 1. The van der Waals surface area contributed by atoms with E-state index in [1.54, 1.807) is 11.0 Å². The maximum atomic E-state index is 11.5. The molecule has 0 saturated heterocycles. The number of hydrogen-bond acceptors (Lipinski definition) is 1. The summed E-state index contributed by atoms with van der Waals surface area (Å²) >= 11 is 0. The highest BCUT2D eigenvalue weighted by Gasteiger charge is 2.16. The Labute approximate surface area is 90.2 Å². The smallest absolute Gasteiger partial charge is 0.251 e. The van der Waals surface area contributed by atoms with Crippen LogP contribution in [0.2, 0.25) is 0 Å². The minimum absolute atomic E-state index is 0.0795. The van der Waals surface area contributed by atoms with E-state index in [9.17, 15) is 4.79 Å². The van der Waals surface area contributed by atoms with E-state index >= 15 is 0 Å². The summed E-state index contributed by atoms with van der Waals surface area (Å²) in [7, 11) is 0. The van der Waals surface area contributed by atoms with Crippen molar-refractivity contribution in [3.8, 4) is 0 Å². The molecule has 0 saturated carbocycles. The van der Waals surface area contributed by atoms with Gasteiger partial charge in [0.05, 0.1) is 0 Å². The SMILES string of the molecule is CC(C)c1cccc(N2CC=CC2=O)c1. The third kappa shape index (κ3) is 1.94. The summed E-state index contributed by atoms with van der Waals surface area (Å²) in [5.74, 6) is 0.575. The van der Waals surface area contributed by atoms with Gasteiger partial charge in [0.2, 0.25) is 0 Å². The van der Waals surface area contributed by atoms with Gasteiger partial charge in [-0.2, -0.15) is 0 Å². The molecule has 1 aromatic carbocycles. The van der Waals surface area contributed by atoms with Gasteiger partial charge in [0, 0.05) is 18.3 Å². The monoisotopic (exact) mass is 201 g/mol. The van der Waals surface area contributed by atoms with Crippen LogP contribution in [0.3, 0.4) is 0 Å². The second-order valence-corrected chi connectivity index (χ2v) is 4.10. The molecule has 0 fully saturated rings. The Morgan fingerprint density at radius 1 is 1.33 bits per heavy atom. The number of benzene rings is 1. The molecule has 2 rings (SSSR count). The van der Waals surface area contributed by atoms with Crippen LogP contribution in [0.25, 0.3) is 0 Å². The third-order valence-electron chi connectivity index (χ3n) is 2.66. The fraction of sp³-hybridized carbons (Fsp3) is 0.308. The van der Waals surface area contributed by atoms with Crippen LogP contribution in [0, 0.1) is 0 Å². The van der Waals surface area contributed by atoms with Crippen LogP contribution < -0.4 is 4.90 Å². The molecule has 0 aliphatic carbocycles. The zero-order valence-corrected chi connectivity index (χ0v) is 9.10. The molecule has 0 N–H and O–H groups in total. The van der Waals surface area contributed by atoms with Gasteiger partial charge in [-0.3, -0.25) is 4.79 Å². The molecule has 0 radical (unpaired) electrons. The second kappa shape index (κ2) is 3.89. The highest BCUT2D eigenvalue weighted by atomic mass is 16.2. The Balaban J connectivity index is 2.29. The first-order valence-corrected chi connectivity index (χ1v) is 5.26. The van der Waals surface area contributed by atoms with Crippen LogP contribution in [0.4, 0.5) is 5.69 Å². The number of hydrogen-bond donors (Lipinski definition) is 0. The van der Waals surface area contributed by atoms with Crippen LogP contribution in [0.15, 0.2) is 36.4 Å². The molecule has 1 aliphatic heterocycles. The molecule has 0 atom stereocenters. The van der Waals surface area contributed by atoms with Crippen molar-refractivity contribution in [3.05, 3.63) is 42.0 Å². The molecule has 1 aromatic rings. The topological polar surface area (TPSA) is 20.3 Å². The van der Waals surface area contributed by atoms with Crippen LogP contribution in [-0.4, -0.2) is 12.5 Å². The quantitative estimate of drug-likeness (QED) is 0.720. The van der Waals surface area contributed by atoms with Crippen molar-refractivity contribution in [3.63, 3.8) is 0 Å². The van der Waals surface area contributed by atoms with Crippen molar-refractivity contribution in [1.29, 1.82) is 0 Å². The van der Waals surface area contributed by atoms with Gasteiger partial charge in [0.1, 0.15) is 0 Å². The molecule has 15 heavy (non-hydrogen) atoms. The lowest BCUT2D eigenvalue weighted by Crippen LogP contribution is -2.24. The molecule has 0 spiro atoms. The Morgan fingerprint density at radius 3 is 2.73 bits per heavy atom. The molecule has 0 aromatic heterocycles. The zero-order valence-electron chi connectivity index (χ0n) is 9.10. The standard InChI is InChI=1S/C13H15NO/c1-10(2)11-5-3-6-12(9-11)14-8-4-7-13(14)15/h3-7,9-10H,8H2,1-2H3. The first-order chi connectivity index (χ1) is 7.18. The number of carbonyl (C=O) groups is 1. The molecule has 1 aliphatic rings. The Kier molecular flexibility index (Phi) is 2.58. The summed E-state index contributed by atoms with van der Waals surface area (Å²) in [4.78, 5) is 13.3. The molecule has 2 nitrogen and oxygen atoms in total. The number of anilines is 1. The molecule has 1 heterocycles. The molecule has 0 bridgehead atoms. The highest BCUT2D eigenvalue weighted by Crippen LogP contribution is 2.23. The van der Waals surface area contributed by atoms with Crippen molar-refractivity contribution in [2.24, 2.45) is 0 Å². The minimum atomic E-state index is 0.0795. The summed E-state index contributed by atoms with van der Waals surface area (Å²) in [6, 6.07) is 8.19. The second-order valence-electron chi connectivity index (χ2n) is 4.10. The van der Waals surface area contributed by atoms with Gasteiger partial charge in [-0.15, -0.1) is 0 Å². The summed E-state index contributed by atoms with van der Waals surface area (Å²) in [5, 5.41) is 0. The average molecular weight is 201 g/mol. The van der Waals surface area contributed by atoms with E-state index in [1.807, 2.05) is 18.2 Å². The first-order valence-electron chi connectivity index (χ1n) is 5.26. The maximum Gasteiger partial charge on any atom is 0.251 e. The lowest BCUT2D eigenvalue weighted by molar-refractivity contribution is -0.113. The summed E-state index contributed by atoms with van der Waals surface area (Å²) < 4.78 is 0. The number of amides is 1. The van der Waals surface area contributed by atoms with Crippen molar-refractivity contribution < 1.29 is 4.79 Å². The highest BCUT2D eigenvalue weighted by molar-refractivity contribution is 6.04. The summed E-state index contributed by atoms with van der Waals surface area (Å²) in [6.45, 7) is 5.01. The lowest BCUT2D eigenvalue weighted by atomic mass is 10.0. The van der Waals surface area contributed by atoms with E-state index in [0.717, 1.165) is 5.69 Å². The molecule has 0 unspecified atom stereocenters. The van der Waals surface area contributed by atoms with E-state index in [2.05, 4.69) is 26.0 Å². The predicted molar refractivity (Wildman–Crippen MR) is 62.0 cm³/mol. The maximum absolute atomic E-state index is 11.5. The fourth-order valence-electron chi connectivity index (χ4n) is 1.72. The van der Waals surface area contributed by atoms with Gasteiger partial charge in [-0.25, -0.2) is 0 Å². The van der Waals surface area contributed by atoms with Crippen molar-refractivity contribution in [1.82, 2.24) is 0 Å². The lowest BCUT2D eigenvalue weighted by Gasteiger charge is -2.17. The van der Waals surface area contributed by atoms with Gasteiger partial charge < -0.3 is 4.90 Å². The summed E-state index contributed by atoms with van der Waals surface area (Å²) in [6.07, 6.45) is 3.52. The Hall–Kier alpha value is -1.57. The molecule has 78 valence electrons. The fourth-order valence-corrected chi connectivity index (χ4v) is 1.72. The normalized spacial score (nSPS) is 15.4. The van der Waals surface area contributed by atoms with Gasteiger partial charge >= 0.3 is 0 Å². The number of nitrogens with zero attached hydrogens (tertiary/aromatic N) is 1. The van der Waals surface area contributed by atoms with Crippen LogP contribution in [0.1, 0.15) is 25.3 Å². The van der Waals surface area contributed by atoms with Crippen LogP contribution >= 0.6 is 0 Å². The van der Waals surface area contributed by atoms with Gasteiger partial charge in [0.25, 0.3) is 5.91 Å². The third-order valence-corrected chi connectivity index (χ3v) is 2.66. The van der Waals surface area contributed by atoms with E-state index in [-0.39, 0.29) is 5.91 Å². The summed E-state index contributed by atoms with van der Waals surface area (Å²) in [5.41, 5.74) is 2.27. The molecule has 1 amide bonds. The van der Waals surface area contributed by atoms with Crippen LogP contribution in [-0.2, 0) is 4.79 Å². The van der Waals surface area contributed by atoms with E-state index in [0.29, 0.717) is 12.5 Å². The molecule has 2 heteroatoms. The predicted octanol–water partition coefficient (Wildman–Crippen LogP) is 2.71. The Bertz CT molecular complexity index is 407. The first kappa shape index (κ1) is 9.97. The Morgan fingerprint density at radius 2 is 2.13 bits per heavy atom. The number of rotatable bonds is 2. The molecular formula is C13H15NO. The van der Waals surface area contributed by atoms with E-state index in [1.165, 1.54) is 5.56 Å². The van der Waals surface area contributed by atoms with Crippen LogP contribution in [0.5, 0.6) is 0 Å². The largest absolute Gasteiger partial charge is 0.305 e. The van der Waals surface area contributed by atoms with Gasteiger partial charge in [-0.1, -0.05) is 32.1 Å². The van der Waals surface area contributed by atoms with Gasteiger partial charge in [-0.05, 0) is 23.6 Å². The minimum Gasteiger partial charge on any atom is -0.305 e. The zero-order chi connectivity index (χ0) is 10.8. The van der Waals surface area contributed by atoms with Crippen molar-refractivity contribution in [2.75, 3.05) is 11.4 Å². The van der Waals surface area contributed by atoms with Gasteiger partial charge in [0.15, 0.2) is 0 Å². The van der Waals surface area contributed by atoms with E-state index < -0.39 is 0 Å². The molecular weight excluding hydrogens is 186 g/mol.